The van der Waals surface area contributed by atoms with Crippen LogP contribution in [0.3, 0.4) is 0 Å². The molecule has 7 nitrogen and oxygen atoms in total. The zero-order valence-electron chi connectivity index (χ0n) is 11.5. The van der Waals surface area contributed by atoms with E-state index in [0.717, 1.165) is 5.75 Å². The van der Waals surface area contributed by atoms with Crippen molar-refractivity contribution in [3.8, 4) is 5.82 Å². The number of carbonyl (C=O) groups is 1. The molecule has 0 aliphatic rings. The van der Waals surface area contributed by atoms with Gasteiger partial charge in [-0.25, -0.2) is 4.79 Å². The van der Waals surface area contributed by atoms with Gasteiger partial charge in [0.05, 0.1) is 6.61 Å². The molecule has 21 heavy (non-hydrogen) atoms. The Balaban J connectivity index is 2.50. The van der Waals surface area contributed by atoms with Gasteiger partial charge in [0, 0.05) is 0 Å². The summed E-state index contributed by atoms with van der Waals surface area (Å²) in [5.74, 6) is 0.792. The van der Waals surface area contributed by atoms with Gasteiger partial charge in [0.15, 0.2) is 11.0 Å². The van der Waals surface area contributed by atoms with Crippen molar-refractivity contribution >= 4 is 35.1 Å². The first-order chi connectivity index (χ1) is 10.1. The van der Waals surface area contributed by atoms with Gasteiger partial charge in [-0.3, -0.25) is 0 Å². The second-order valence-electron chi connectivity index (χ2n) is 3.84. The normalized spacial score (nSPS) is 10.6. The number of ether oxygens (including phenoxy) is 1. The molecule has 2 aromatic rings. The monoisotopic (exact) mass is 327 g/mol. The van der Waals surface area contributed by atoms with Crippen molar-refractivity contribution in [2.45, 2.75) is 18.9 Å². The summed E-state index contributed by atoms with van der Waals surface area (Å²) in [5.41, 5.74) is 6.27. The zero-order valence-corrected chi connectivity index (χ0v) is 13.1. The predicted molar refractivity (Wildman–Crippen MR) is 80.9 cm³/mol. The van der Waals surface area contributed by atoms with E-state index in [-0.39, 0.29) is 23.1 Å². The summed E-state index contributed by atoms with van der Waals surface area (Å²) in [5, 5.41) is 12.7. The van der Waals surface area contributed by atoms with E-state index < -0.39 is 5.97 Å². The third-order valence-corrected chi connectivity index (χ3v) is 3.53. The van der Waals surface area contributed by atoms with Gasteiger partial charge >= 0.3 is 5.97 Å². The molecule has 0 amide bonds. The van der Waals surface area contributed by atoms with E-state index in [4.69, 9.17) is 22.1 Å². The second kappa shape index (κ2) is 6.77. The molecule has 0 saturated carbocycles. The molecule has 0 bridgehead atoms. The largest absolute Gasteiger partial charge is 0.462 e. The van der Waals surface area contributed by atoms with Gasteiger partial charge in [-0.05, 0) is 24.8 Å². The minimum Gasteiger partial charge on any atom is -0.462 e. The van der Waals surface area contributed by atoms with Crippen LogP contribution in [0.2, 0.25) is 5.15 Å². The first kappa shape index (κ1) is 15.6. The standard InChI is InChI=1S/C12H14ClN5O2S/c1-3-20-12(19)9-10(14)18(17-11(9)21-4-2)8-6-5-7(13)15-16-8/h5-6H,3-4,14H2,1-2H3. The number of hydrogen-bond donors (Lipinski definition) is 1. The lowest BCUT2D eigenvalue weighted by Crippen LogP contribution is -2.10. The van der Waals surface area contributed by atoms with Crippen molar-refractivity contribution < 1.29 is 9.53 Å². The van der Waals surface area contributed by atoms with E-state index in [1.807, 2.05) is 6.92 Å². The summed E-state index contributed by atoms with van der Waals surface area (Å²) in [6.45, 7) is 3.95. The Morgan fingerprint density at radius 1 is 1.43 bits per heavy atom. The molecule has 0 aromatic carbocycles. The molecule has 0 spiro atoms. The highest BCUT2D eigenvalue weighted by Gasteiger charge is 2.24. The number of nitrogens with two attached hydrogens (primary N) is 1. The summed E-state index contributed by atoms with van der Waals surface area (Å²) < 4.78 is 6.38. The van der Waals surface area contributed by atoms with Crippen LogP contribution in [0.5, 0.6) is 0 Å². The molecular formula is C12H14ClN5O2S. The number of esters is 1. The molecule has 0 fully saturated rings. The third-order valence-electron chi connectivity index (χ3n) is 2.48. The average molecular weight is 328 g/mol. The summed E-state index contributed by atoms with van der Waals surface area (Å²) >= 11 is 7.11. The van der Waals surface area contributed by atoms with Crippen LogP contribution in [0.25, 0.3) is 5.82 Å². The summed E-state index contributed by atoms with van der Waals surface area (Å²) in [6.07, 6.45) is 0. The molecule has 9 heteroatoms. The molecule has 0 atom stereocenters. The first-order valence-electron chi connectivity index (χ1n) is 6.26. The Morgan fingerprint density at radius 2 is 2.19 bits per heavy atom. The van der Waals surface area contributed by atoms with Crippen molar-refractivity contribution in [1.82, 2.24) is 20.0 Å². The molecule has 2 aromatic heterocycles. The molecule has 2 rings (SSSR count). The van der Waals surface area contributed by atoms with Gasteiger partial charge in [-0.2, -0.15) is 9.78 Å². The summed E-state index contributed by atoms with van der Waals surface area (Å²) in [6, 6.07) is 3.19. The Bertz CT molecular complexity index is 644. The van der Waals surface area contributed by atoms with Crippen LogP contribution in [-0.2, 0) is 4.74 Å². The Labute approximate surface area is 130 Å². The van der Waals surface area contributed by atoms with Crippen molar-refractivity contribution in [3.63, 3.8) is 0 Å². The molecule has 0 saturated heterocycles. The number of carbonyl (C=O) groups excluding carboxylic acids is 1. The van der Waals surface area contributed by atoms with Crippen LogP contribution >= 0.6 is 23.4 Å². The Kier molecular flexibility index (Phi) is 5.03. The van der Waals surface area contributed by atoms with Gasteiger partial charge in [-0.1, -0.05) is 18.5 Å². The minimum atomic E-state index is -0.501. The van der Waals surface area contributed by atoms with Gasteiger partial charge < -0.3 is 10.5 Å². The lowest BCUT2D eigenvalue weighted by Gasteiger charge is -2.03. The number of nitrogen functional groups attached to an aromatic ring is 1. The summed E-state index contributed by atoms with van der Waals surface area (Å²) in [4.78, 5) is 12.0. The lowest BCUT2D eigenvalue weighted by atomic mass is 10.3. The molecule has 2 heterocycles. The molecular weight excluding hydrogens is 314 g/mol. The van der Waals surface area contributed by atoms with Crippen molar-refractivity contribution in [2.24, 2.45) is 0 Å². The number of anilines is 1. The number of nitrogens with zero attached hydrogens (tertiary/aromatic N) is 4. The van der Waals surface area contributed by atoms with E-state index in [1.165, 1.54) is 16.4 Å². The van der Waals surface area contributed by atoms with Gasteiger partial charge in [0.1, 0.15) is 16.4 Å². The SMILES string of the molecule is CCOC(=O)c1c(SCC)nn(-c2ccc(Cl)nn2)c1N. The second-order valence-corrected chi connectivity index (χ2v) is 5.48. The zero-order chi connectivity index (χ0) is 15.4. The van der Waals surface area contributed by atoms with Crippen LogP contribution in [0, 0.1) is 0 Å². The maximum Gasteiger partial charge on any atom is 0.344 e. The smallest absolute Gasteiger partial charge is 0.344 e. The van der Waals surface area contributed by atoms with Crippen LogP contribution in [0.15, 0.2) is 17.2 Å². The highest BCUT2D eigenvalue weighted by atomic mass is 35.5. The van der Waals surface area contributed by atoms with Gasteiger partial charge in [0.2, 0.25) is 0 Å². The van der Waals surface area contributed by atoms with Crippen LogP contribution < -0.4 is 5.73 Å². The number of thioether (sulfide) groups is 1. The molecule has 0 aliphatic heterocycles. The molecule has 2 N–H and O–H groups in total. The molecule has 0 radical (unpaired) electrons. The highest BCUT2D eigenvalue weighted by molar-refractivity contribution is 7.99. The lowest BCUT2D eigenvalue weighted by molar-refractivity contribution is 0.0523. The van der Waals surface area contributed by atoms with E-state index in [2.05, 4.69) is 15.3 Å². The van der Waals surface area contributed by atoms with Crippen molar-refractivity contribution in [2.75, 3.05) is 18.1 Å². The summed E-state index contributed by atoms with van der Waals surface area (Å²) in [7, 11) is 0. The number of hydrogen-bond acceptors (Lipinski definition) is 7. The predicted octanol–water partition coefficient (Wildman–Crippen LogP) is 2.19. The number of rotatable bonds is 5. The number of halogens is 1. The maximum atomic E-state index is 12.0. The van der Waals surface area contributed by atoms with E-state index >= 15 is 0 Å². The topological polar surface area (TPSA) is 95.9 Å². The van der Waals surface area contributed by atoms with Crippen LogP contribution in [-0.4, -0.2) is 38.3 Å². The van der Waals surface area contributed by atoms with Gasteiger partial charge in [0.25, 0.3) is 0 Å². The Hall–Kier alpha value is -1.80. The average Bonchev–Trinajstić information content (AvgIpc) is 2.77. The van der Waals surface area contributed by atoms with E-state index in [0.29, 0.717) is 10.8 Å². The highest BCUT2D eigenvalue weighted by Crippen LogP contribution is 2.28. The van der Waals surface area contributed by atoms with Crippen molar-refractivity contribution in [3.05, 3.63) is 22.8 Å². The van der Waals surface area contributed by atoms with Crippen molar-refractivity contribution in [1.29, 1.82) is 0 Å². The van der Waals surface area contributed by atoms with E-state index in [9.17, 15) is 4.79 Å². The first-order valence-corrected chi connectivity index (χ1v) is 7.62. The van der Waals surface area contributed by atoms with Crippen LogP contribution in [0.4, 0.5) is 5.82 Å². The maximum absolute atomic E-state index is 12.0. The molecule has 112 valence electrons. The quantitative estimate of drug-likeness (QED) is 0.664. The fourth-order valence-corrected chi connectivity index (χ4v) is 2.49. The minimum absolute atomic E-state index is 0.168. The van der Waals surface area contributed by atoms with Crippen LogP contribution in [0.1, 0.15) is 24.2 Å². The fraction of sp³-hybridized carbons (Fsp3) is 0.333. The molecule has 0 unspecified atom stereocenters. The number of aromatic nitrogens is 4. The third kappa shape index (κ3) is 3.27. The fourth-order valence-electron chi connectivity index (χ4n) is 1.64. The van der Waals surface area contributed by atoms with E-state index in [1.54, 1.807) is 19.1 Å². The van der Waals surface area contributed by atoms with Gasteiger partial charge in [-0.15, -0.1) is 22.0 Å². The Morgan fingerprint density at radius 3 is 2.76 bits per heavy atom. The molecule has 0 aliphatic carbocycles.